The van der Waals surface area contributed by atoms with E-state index in [2.05, 4.69) is 5.32 Å². The first-order valence-corrected chi connectivity index (χ1v) is 9.28. The van der Waals surface area contributed by atoms with Crippen LogP contribution in [0.1, 0.15) is 25.7 Å². The summed E-state index contributed by atoms with van der Waals surface area (Å²) in [5, 5.41) is 2.85. The van der Waals surface area contributed by atoms with E-state index in [1.54, 1.807) is 54.4 Å². The number of para-hydroxylation sites is 1. The number of hydrogen-bond donors (Lipinski definition) is 1. The Morgan fingerprint density at radius 3 is 2.70 bits per heavy atom. The zero-order valence-corrected chi connectivity index (χ0v) is 15.5. The van der Waals surface area contributed by atoms with E-state index in [1.165, 1.54) is 12.5 Å². The summed E-state index contributed by atoms with van der Waals surface area (Å²) in [6.07, 6.45) is 4.49. The molecule has 1 atom stereocenters. The van der Waals surface area contributed by atoms with Gasteiger partial charge in [0.15, 0.2) is 11.6 Å². The van der Waals surface area contributed by atoms with Gasteiger partial charge in [-0.3, -0.25) is 0 Å². The summed E-state index contributed by atoms with van der Waals surface area (Å²) in [5.41, 5.74) is 0.654. The lowest BCUT2D eigenvalue weighted by Gasteiger charge is -2.25. The van der Waals surface area contributed by atoms with Crippen molar-refractivity contribution < 1.29 is 18.7 Å². The molecule has 6 heteroatoms. The quantitative estimate of drug-likeness (QED) is 0.773. The molecule has 0 bridgehead atoms. The predicted octanol–water partition coefficient (Wildman–Crippen LogP) is 5.04. The number of urea groups is 1. The molecule has 0 aliphatic carbocycles. The minimum Gasteiger partial charge on any atom is -0.454 e. The van der Waals surface area contributed by atoms with Crippen molar-refractivity contribution in [1.82, 2.24) is 4.90 Å². The average Bonchev–Trinajstić information content (AvgIpc) is 2.70. The third-order valence-electron chi connectivity index (χ3n) is 4.58. The number of anilines is 1. The highest BCUT2D eigenvalue weighted by Gasteiger charge is 2.16. The van der Waals surface area contributed by atoms with Crippen LogP contribution in [0.5, 0.6) is 11.5 Å². The third kappa shape index (κ3) is 5.69. The van der Waals surface area contributed by atoms with Crippen molar-refractivity contribution in [3.63, 3.8) is 0 Å². The van der Waals surface area contributed by atoms with Gasteiger partial charge in [-0.05, 0) is 62.1 Å². The lowest BCUT2D eigenvalue weighted by molar-refractivity contribution is 0.00848. The lowest BCUT2D eigenvalue weighted by Crippen LogP contribution is -2.34. The van der Waals surface area contributed by atoms with Crippen LogP contribution in [-0.2, 0) is 4.74 Å². The van der Waals surface area contributed by atoms with E-state index in [-0.39, 0.29) is 17.9 Å². The minimum atomic E-state index is -0.418. The molecule has 144 valence electrons. The largest absolute Gasteiger partial charge is 0.454 e. The van der Waals surface area contributed by atoms with Crippen LogP contribution in [0, 0.1) is 5.82 Å². The molecule has 0 radical (unpaired) electrons. The minimum absolute atomic E-state index is 0.166. The highest BCUT2D eigenvalue weighted by atomic mass is 19.1. The van der Waals surface area contributed by atoms with E-state index in [9.17, 15) is 9.18 Å². The standard InChI is InChI=1S/C21H25FN2O3/c1-24(14-13-17-6-4-5-15-26-17)21(25)23-16-9-11-18(12-10-16)27-20-8-3-2-7-19(20)22/h2-3,7-12,17H,4-6,13-15H2,1H3,(H,23,25)/t17-/m1/s1. The highest BCUT2D eigenvalue weighted by Crippen LogP contribution is 2.25. The first kappa shape index (κ1) is 19.2. The van der Waals surface area contributed by atoms with Crippen molar-refractivity contribution in [3.05, 3.63) is 54.3 Å². The number of amides is 2. The van der Waals surface area contributed by atoms with Gasteiger partial charge in [0.05, 0.1) is 6.10 Å². The maximum absolute atomic E-state index is 13.6. The van der Waals surface area contributed by atoms with Gasteiger partial charge in [-0.2, -0.15) is 0 Å². The monoisotopic (exact) mass is 372 g/mol. The molecule has 27 heavy (non-hydrogen) atoms. The number of ether oxygens (including phenoxy) is 2. The Hall–Kier alpha value is -2.60. The van der Waals surface area contributed by atoms with Crippen molar-refractivity contribution in [2.24, 2.45) is 0 Å². The average molecular weight is 372 g/mol. The molecule has 2 aromatic carbocycles. The van der Waals surface area contributed by atoms with Gasteiger partial charge < -0.3 is 19.7 Å². The number of carbonyl (C=O) groups is 1. The Kier molecular flexibility index (Phi) is 6.65. The summed E-state index contributed by atoms with van der Waals surface area (Å²) in [5.74, 6) is 0.248. The fraction of sp³-hybridized carbons (Fsp3) is 0.381. The van der Waals surface area contributed by atoms with Gasteiger partial charge in [-0.25, -0.2) is 9.18 Å². The SMILES string of the molecule is CN(CC[C@H]1CCCCO1)C(=O)Nc1ccc(Oc2ccccc2F)cc1. The molecule has 5 nitrogen and oxygen atoms in total. The Morgan fingerprint density at radius 1 is 1.22 bits per heavy atom. The summed E-state index contributed by atoms with van der Waals surface area (Å²) >= 11 is 0. The normalized spacial score (nSPS) is 16.6. The van der Waals surface area contributed by atoms with Crippen LogP contribution in [0.15, 0.2) is 48.5 Å². The molecule has 0 aromatic heterocycles. The van der Waals surface area contributed by atoms with Crippen LogP contribution in [0.4, 0.5) is 14.9 Å². The topological polar surface area (TPSA) is 50.8 Å². The number of halogens is 1. The molecular formula is C21H25FN2O3. The Balaban J connectivity index is 1.48. The first-order valence-electron chi connectivity index (χ1n) is 9.28. The maximum atomic E-state index is 13.6. The number of benzene rings is 2. The van der Waals surface area contributed by atoms with E-state index < -0.39 is 5.82 Å². The van der Waals surface area contributed by atoms with Gasteiger partial charge in [-0.1, -0.05) is 12.1 Å². The smallest absolute Gasteiger partial charge is 0.321 e. The molecule has 1 aliphatic rings. The number of nitrogens with one attached hydrogen (secondary N) is 1. The van der Waals surface area contributed by atoms with Crippen LogP contribution in [0.2, 0.25) is 0 Å². The molecule has 0 spiro atoms. The Bertz CT molecular complexity index is 745. The van der Waals surface area contributed by atoms with Crippen LogP contribution in [-0.4, -0.2) is 37.2 Å². The Labute approximate surface area is 159 Å². The molecule has 1 N–H and O–H groups in total. The van der Waals surface area contributed by atoms with Gasteiger partial charge in [0.2, 0.25) is 0 Å². The van der Waals surface area contributed by atoms with E-state index >= 15 is 0 Å². The molecule has 0 saturated carbocycles. The second-order valence-electron chi connectivity index (χ2n) is 6.69. The summed E-state index contributed by atoms with van der Waals surface area (Å²) in [4.78, 5) is 14.0. The van der Waals surface area contributed by atoms with E-state index in [1.807, 2.05) is 0 Å². The maximum Gasteiger partial charge on any atom is 0.321 e. The van der Waals surface area contributed by atoms with Gasteiger partial charge in [0.25, 0.3) is 0 Å². The molecule has 3 rings (SSSR count). The molecule has 2 amide bonds. The van der Waals surface area contributed by atoms with Crippen molar-refractivity contribution in [2.75, 3.05) is 25.5 Å². The molecule has 1 fully saturated rings. The Morgan fingerprint density at radius 2 is 2.00 bits per heavy atom. The number of rotatable bonds is 6. The van der Waals surface area contributed by atoms with Crippen LogP contribution < -0.4 is 10.1 Å². The summed E-state index contributed by atoms with van der Waals surface area (Å²) in [6, 6.07) is 12.9. The zero-order chi connectivity index (χ0) is 19.1. The van der Waals surface area contributed by atoms with Crippen molar-refractivity contribution in [1.29, 1.82) is 0 Å². The molecule has 1 aliphatic heterocycles. The second kappa shape index (κ2) is 9.37. The fourth-order valence-corrected chi connectivity index (χ4v) is 2.95. The summed E-state index contributed by atoms with van der Waals surface area (Å²) in [6.45, 7) is 1.47. The van der Waals surface area contributed by atoms with Crippen LogP contribution in [0.25, 0.3) is 0 Å². The number of carbonyl (C=O) groups excluding carboxylic acids is 1. The van der Waals surface area contributed by atoms with E-state index in [0.29, 0.717) is 18.0 Å². The van der Waals surface area contributed by atoms with Gasteiger partial charge in [0, 0.05) is 25.9 Å². The second-order valence-corrected chi connectivity index (χ2v) is 6.69. The fourth-order valence-electron chi connectivity index (χ4n) is 2.95. The number of nitrogens with zero attached hydrogens (tertiary/aromatic N) is 1. The van der Waals surface area contributed by atoms with Crippen LogP contribution in [0.3, 0.4) is 0 Å². The highest BCUT2D eigenvalue weighted by molar-refractivity contribution is 5.89. The van der Waals surface area contributed by atoms with Crippen molar-refractivity contribution >= 4 is 11.7 Å². The summed E-state index contributed by atoms with van der Waals surface area (Å²) < 4.78 is 24.8. The molecule has 1 saturated heterocycles. The molecule has 1 heterocycles. The molecule has 2 aromatic rings. The number of hydrogen-bond acceptors (Lipinski definition) is 3. The van der Waals surface area contributed by atoms with Crippen molar-refractivity contribution in [2.45, 2.75) is 31.8 Å². The first-order chi connectivity index (χ1) is 13.1. The van der Waals surface area contributed by atoms with E-state index in [4.69, 9.17) is 9.47 Å². The van der Waals surface area contributed by atoms with Gasteiger partial charge >= 0.3 is 6.03 Å². The molecule has 0 unspecified atom stereocenters. The van der Waals surface area contributed by atoms with Gasteiger partial charge in [0.1, 0.15) is 5.75 Å². The predicted molar refractivity (Wildman–Crippen MR) is 103 cm³/mol. The van der Waals surface area contributed by atoms with Crippen LogP contribution >= 0.6 is 0 Å². The third-order valence-corrected chi connectivity index (χ3v) is 4.58. The lowest BCUT2D eigenvalue weighted by atomic mass is 10.1. The van der Waals surface area contributed by atoms with E-state index in [0.717, 1.165) is 25.9 Å². The summed E-state index contributed by atoms with van der Waals surface area (Å²) in [7, 11) is 1.77. The molecular weight excluding hydrogens is 347 g/mol. The zero-order valence-electron chi connectivity index (χ0n) is 15.5. The van der Waals surface area contributed by atoms with Gasteiger partial charge in [-0.15, -0.1) is 0 Å². The van der Waals surface area contributed by atoms with Crippen molar-refractivity contribution in [3.8, 4) is 11.5 Å².